The lowest BCUT2D eigenvalue weighted by Gasteiger charge is -2.23. The summed E-state index contributed by atoms with van der Waals surface area (Å²) in [6.07, 6.45) is 1.88. The summed E-state index contributed by atoms with van der Waals surface area (Å²) in [4.78, 5) is 2.43. The number of benzene rings is 1. The van der Waals surface area contributed by atoms with Gasteiger partial charge < -0.3 is 5.73 Å². The molecule has 5 heteroatoms. The predicted molar refractivity (Wildman–Crippen MR) is 66.6 cm³/mol. The van der Waals surface area contributed by atoms with Gasteiger partial charge in [-0.2, -0.15) is 0 Å². The molecule has 2 nitrogen and oxygen atoms in total. The number of rotatable bonds is 3. The van der Waals surface area contributed by atoms with Gasteiger partial charge in [0, 0.05) is 12.1 Å². The lowest BCUT2D eigenvalue weighted by Crippen LogP contribution is -2.38. The van der Waals surface area contributed by atoms with Gasteiger partial charge in [-0.25, -0.2) is 8.78 Å². The Morgan fingerprint density at radius 2 is 2.24 bits per heavy atom. The van der Waals surface area contributed by atoms with Gasteiger partial charge in [0.25, 0.3) is 0 Å². The quantitative estimate of drug-likeness (QED) is 0.841. The van der Waals surface area contributed by atoms with Crippen LogP contribution in [0.5, 0.6) is 0 Å². The maximum Gasteiger partial charge on any atom is 0.163 e. The number of hydrogen-bond donors (Lipinski definition) is 1. The number of halogens is 2. The Bertz CT molecular complexity index is 437. The zero-order valence-electron chi connectivity index (χ0n) is 9.33. The van der Waals surface area contributed by atoms with E-state index in [0.29, 0.717) is 17.1 Å². The van der Waals surface area contributed by atoms with Crippen molar-refractivity contribution in [3.8, 4) is 0 Å². The molecule has 0 amide bonds. The lowest BCUT2D eigenvalue weighted by atomic mass is 10.1. The Morgan fingerprint density at radius 3 is 2.94 bits per heavy atom. The number of likely N-dealkylation sites (tertiary alicyclic amines) is 1. The van der Waals surface area contributed by atoms with Crippen LogP contribution in [-0.2, 0) is 6.54 Å². The van der Waals surface area contributed by atoms with Crippen LogP contribution in [0.1, 0.15) is 18.4 Å². The highest BCUT2D eigenvalue weighted by atomic mass is 32.1. The molecule has 0 saturated carbocycles. The molecule has 1 unspecified atom stereocenters. The van der Waals surface area contributed by atoms with Crippen LogP contribution >= 0.6 is 12.2 Å². The summed E-state index contributed by atoms with van der Waals surface area (Å²) in [6.45, 7) is 1.17. The van der Waals surface area contributed by atoms with Gasteiger partial charge in [-0.05, 0) is 25.5 Å². The summed E-state index contributed by atoms with van der Waals surface area (Å²) in [7, 11) is 0. The minimum absolute atomic E-state index is 0.00710. The minimum atomic E-state index is -0.812. The fraction of sp³-hybridized carbons (Fsp3) is 0.417. The molecule has 17 heavy (non-hydrogen) atoms. The van der Waals surface area contributed by atoms with E-state index in [-0.39, 0.29) is 6.04 Å². The van der Waals surface area contributed by atoms with Crippen molar-refractivity contribution in [2.45, 2.75) is 25.4 Å². The van der Waals surface area contributed by atoms with Gasteiger partial charge in [-0.1, -0.05) is 24.4 Å². The van der Waals surface area contributed by atoms with Gasteiger partial charge in [-0.3, -0.25) is 4.90 Å². The molecule has 1 aromatic rings. The number of nitrogens with zero attached hydrogens (tertiary/aromatic N) is 1. The first kappa shape index (κ1) is 12.4. The van der Waals surface area contributed by atoms with E-state index in [2.05, 4.69) is 0 Å². The molecule has 1 aliphatic heterocycles. The molecular weight excluding hydrogens is 242 g/mol. The first-order valence-electron chi connectivity index (χ1n) is 5.56. The van der Waals surface area contributed by atoms with Crippen molar-refractivity contribution in [3.63, 3.8) is 0 Å². The Balaban J connectivity index is 2.15. The summed E-state index contributed by atoms with van der Waals surface area (Å²) in [5, 5.41) is 0. The lowest BCUT2D eigenvalue weighted by molar-refractivity contribution is 0.288. The van der Waals surface area contributed by atoms with E-state index in [1.807, 2.05) is 4.90 Å². The number of thiocarbonyl (C=S) groups is 1. The van der Waals surface area contributed by atoms with Crippen LogP contribution in [0, 0.1) is 11.6 Å². The van der Waals surface area contributed by atoms with Crippen molar-refractivity contribution in [3.05, 3.63) is 35.4 Å². The first-order chi connectivity index (χ1) is 8.09. The van der Waals surface area contributed by atoms with E-state index in [4.69, 9.17) is 18.0 Å². The normalized spacial score (nSPS) is 20.7. The molecule has 1 aliphatic rings. The average molecular weight is 256 g/mol. The zero-order valence-corrected chi connectivity index (χ0v) is 10.1. The summed E-state index contributed by atoms with van der Waals surface area (Å²) < 4.78 is 26.6. The van der Waals surface area contributed by atoms with E-state index in [1.165, 1.54) is 6.07 Å². The van der Waals surface area contributed by atoms with Gasteiger partial charge in [-0.15, -0.1) is 0 Å². The smallest absolute Gasteiger partial charge is 0.163 e. The van der Waals surface area contributed by atoms with Crippen molar-refractivity contribution in [1.82, 2.24) is 4.90 Å². The minimum Gasteiger partial charge on any atom is -0.392 e. The topological polar surface area (TPSA) is 29.3 Å². The van der Waals surface area contributed by atoms with Gasteiger partial charge in [0.15, 0.2) is 11.6 Å². The van der Waals surface area contributed by atoms with Crippen LogP contribution in [0.4, 0.5) is 8.78 Å². The molecular formula is C12H14F2N2S. The molecule has 0 aromatic heterocycles. The van der Waals surface area contributed by atoms with Crippen LogP contribution in [0.2, 0.25) is 0 Å². The third-order valence-corrected chi connectivity index (χ3v) is 3.37. The second kappa shape index (κ2) is 5.06. The van der Waals surface area contributed by atoms with Crippen LogP contribution in [0.15, 0.2) is 18.2 Å². The van der Waals surface area contributed by atoms with Crippen molar-refractivity contribution < 1.29 is 8.78 Å². The second-order valence-corrected chi connectivity index (χ2v) is 4.72. The summed E-state index contributed by atoms with van der Waals surface area (Å²) >= 11 is 4.98. The zero-order chi connectivity index (χ0) is 12.4. The Hall–Kier alpha value is -1.07. The predicted octanol–water partition coefficient (Wildman–Crippen LogP) is 2.22. The third kappa shape index (κ3) is 2.61. The van der Waals surface area contributed by atoms with Crippen molar-refractivity contribution in [1.29, 1.82) is 0 Å². The largest absolute Gasteiger partial charge is 0.392 e. The van der Waals surface area contributed by atoms with Crippen molar-refractivity contribution in [2.24, 2.45) is 5.73 Å². The third-order valence-electron chi connectivity index (χ3n) is 3.10. The maximum atomic E-state index is 13.5. The Labute approximate surface area is 104 Å². The van der Waals surface area contributed by atoms with Crippen molar-refractivity contribution >= 4 is 17.2 Å². The SMILES string of the molecule is NC(=S)C1CCCN1Cc1cccc(F)c1F. The molecule has 0 radical (unpaired) electrons. The van der Waals surface area contributed by atoms with E-state index >= 15 is 0 Å². The van der Waals surface area contributed by atoms with E-state index in [1.54, 1.807) is 6.07 Å². The Morgan fingerprint density at radius 1 is 1.47 bits per heavy atom. The van der Waals surface area contributed by atoms with Crippen LogP contribution in [0.3, 0.4) is 0 Å². The maximum absolute atomic E-state index is 13.5. The first-order valence-corrected chi connectivity index (χ1v) is 5.96. The standard InChI is InChI=1S/C12H14F2N2S/c13-9-4-1-3-8(11(9)14)7-16-6-2-5-10(16)12(15)17/h1,3-4,10H,2,5-7H2,(H2,15,17). The Kier molecular flexibility index (Phi) is 3.69. The summed E-state index contributed by atoms with van der Waals surface area (Å²) in [6, 6.07) is 4.23. The van der Waals surface area contributed by atoms with Crippen LogP contribution in [-0.4, -0.2) is 22.5 Å². The fourth-order valence-electron chi connectivity index (χ4n) is 2.23. The van der Waals surface area contributed by atoms with Crippen molar-refractivity contribution in [2.75, 3.05) is 6.54 Å². The molecule has 0 bridgehead atoms. The summed E-state index contributed by atoms with van der Waals surface area (Å²) in [5.74, 6) is -1.59. The van der Waals surface area contributed by atoms with E-state index in [9.17, 15) is 8.78 Å². The molecule has 1 fully saturated rings. The van der Waals surface area contributed by atoms with E-state index < -0.39 is 11.6 Å². The van der Waals surface area contributed by atoms with Crippen LogP contribution < -0.4 is 5.73 Å². The monoisotopic (exact) mass is 256 g/mol. The van der Waals surface area contributed by atoms with Gasteiger partial charge in [0.05, 0.1) is 11.0 Å². The van der Waals surface area contributed by atoms with E-state index in [0.717, 1.165) is 25.5 Å². The highest BCUT2D eigenvalue weighted by Gasteiger charge is 2.27. The molecule has 1 atom stereocenters. The summed E-state index contributed by atoms with van der Waals surface area (Å²) in [5.41, 5.74) is 5.99. The molecule has 1 aromatic carbocycles. The van der Waals surface area contributed by atoms with Gasteiger partial charge >= 0.3 is 0 Å². The molecule has 1 heterocycles. The average Bonchev–Trinajstić information content (AvgIpc) is 2.73. The number of nitrogens with two attached hydrogens (primary N) is 1. The second-order valence-electron chi connectivity index (χ2n) is 4.24. The highest BCUT2D eigenvalue weighted by Crippen LogP contribution is 2.22. The van der Waals surface area contributed by atoms with Crippen LogP contribution in [0.25, 0.3) is 0 Å². The van der Waals surface area contributed by atoms with Gasteiger partial charge in [0.1, 0.15) is 0 Å². The molecule has 92 valence electrons. The molecule has 1 saturated heterocycles. The molecule has 2 N–H and O–H groups in total. The molecule has 0 aliphatic carbocycles. The van der Waals surface area contributed by atoms with Gasteiger partial charge in [0.2, 0.25) is 0 Å². The molecule has 0 spiro atoms. The molecule has 2 rings (SSSR count). The number of hydrogen-bond acceptors (Lipinski definition) is 2. The highest BCUT2D eigenvalue weighted by molar-refractivity contribution is 7.80. The fourth-order valence-corrected chi connectivity index (χ4v) is 2.49.